The average Bonchev–Trinajstić information content (AvgIpc) is 2.99. The zero-order valence-electron chi connectivity index (χ0n) is 24.3. The van der Waals surface area contributed by atoms with Gasteiger partial charge in [-0.05, 0) is 62.5 Å². The lowest BCUT2D eigenvalue weighted by atomic mass is 9.67. The fourth-order valence-corrected chi connectivity index (χ4v) is 5.99. The third-order valence-electron chi connectivity index (χ3n) is 8.08. The van der Waals surface area contributed by atoms with Crippen LogP contribution in [0.3, 0.4) is 0 Å². The number of halogens is 1. The van der Waals surface area contributed by atoms with E-state index < -0.39 is 17.8 Å². The van der Waals surface area contributed by atoms with E-state index in [2.05, 4.69) is 0 Å². The van der Waals surface area contributed by atoms with Crippen LogP contribution in [0.5, 0.6) is 11.5 Å². The standard InChI is InChI=1S/C33H39FN2O5/c1-21-27(13-8-14-30(21)34)31-28(32(38)22-9-6-11-25(15-22)40-4)18-36(24(20-37)17-35(2)3)19-29(31)33(39)23-10-7-12-26(16-23)41-5/h6-16,24,28-29,31,37H,17-20H2,1-5H3/t24?,28-,29-/m0/s1. The van der Waals surface area contributed by atoms with Crippen molar-refractivity contribution in [1.29, 1.82) is 0 Å². The number of rotatable bonds is 11. The summed E-state index contributed by atoms with van der Waals surface area (Å²) in [5.74, 6) is -1.58. The first-order chi connectivity index (χ1) is 19.7. The number of aliphatic hydroxyl groups excluding tert-OH is 1. The number of hydrogen-bond donors (Lipinski definition) is 1. The first-order valence-electron chi connectivity index (χ1n) is 13.8. The summed E-state index contributed by atoms with van der Waals surface area (Å²) in [5.41, 5.74) is 1.97. The van der Waals surface area contributed by atoms with Gasteiger partial charge in [0.25, 0.3) is 0 Å². The number of aliphatic hydroxyl groups is 1. The number of benzene rings is 3. The van der Waals surface area contributed by atoms with Crippen LogP contribution >= 0.6 is 0 Å². The number of hydrogen-bond acceptors (Lipinski definition) is 7. The Balaban J connectivity index is 1.90. The van der Waals surface area contributed by atoms with Crippen LogP contribution < -0.4 is 9.47 Å². The monoisotopic (exact) mass is 562 g/mol. The largest absolute Gasteiger partial charge is 0.497 e. The molecule has 1 aliphatic heterocycles. The Kier molecular flexibility index (Phi) is 9.91. The number of carbonyl (C=O) groups excluding carboxylic acids is 2. The molecule has 1 unspecified atom stereocenters. The molecule has 0 bridgehead atoms. The van der Waals surface area contributed by atoms with E-state index in [1.165, 1.54) is 6.07 Å². The van der Waals surface area contributed by atoms with Crippen molar-refractivity contribution in [2.75, 3.05) is 54.6 Å². The molecule has 7 nitrogen and oxygen atoms in total. The number of ketones is 2. The van der Waals surface area contributed by atoms with Gasteiger partial charge in [-0.1, -0.05) is 36.4 Å². The topological polar surface area (TPSA) is 79.3 Å². The van der Waals surface area contributed by atoms with Gasteiger partial charge in [-0.15, -0.1) is 0 Å². The number of piperidine rings is 1. The molecular formula is C33H39FN2O5. The molecule has 3 aromatic rings. The summed E-state index contributed by atoms with van der Waals surface area (Å²) in [6, 6.07) is 18.5. The number of carbonyl (C=O) groups is 2. The van der Waals surface area contributed by atoms with Gasteiger partial charge in [0.2, 0.25) is 0 Å². The third-order valence-corrected chi connectivity index (χ3v) is 8.08. The van der Waals surface area contributed by atoms with Gasteiger partial charge in [0.1, 0.15) is 17.3 Å². The molecule has 1 N–H and O–H groups in total. The summed E-state index contributed by atoms with van der Waals surface area (Å²) in [4.78, 5) is 32.7. The maximum absolute atomic E-state index is 15.0. The molecule has 0 aliphatic carbocycles. The van der Waals surface area contributed by atoms with Gasteiger partial charge >= 0.3 is 0 Å². The highest BCUT2D eigenvalue weighted by molar-refractivity contribution is 6.02. The van der Waals surface area contributed by atoms with E-state index in [-0.39, 0.29) is 30.0 Å². The van der Waals surface area contributed by atoms with Crippen molar-refractivity contribution < 1.29 is 28.6 Å². The molecular weight excluding hydrogens is 523 g/mol. The van der Waals surface area contributed by atoms with Crippen molar-refractivity contribution >= 4 is 11.6 Å². The Morgan fingerprint density at radius 3 is 1.90 bits per heavy atom. The van der Waals surface area contributed by atoms with E-state index in [4.69, 9.17) is 9.47 Å². The Labute approximate surface area is 241 Å². The van der Waals surface area contributed by atoms with Crippen LogP contribution in [-0.4, -0.2) is 87.1 Å². The van der Waals surface area contributed by atoms with Crippen LogP contribution in [0.2, 0.25) is 0 Å². The van der Waals surface area contributed by atoms with Gasteiger partial charge in [0, 0.05) is 54.6 Å². The molecule has 1 saturated heterocycles. The van der Waals surface area contributed by atoms with Gasteiger partial charge in [-0.2, -0.15) is 0 Å². The maximum atomic E-state index is 15.0. The molecule has 8 heteroatoms. The average molecular weight is 563 g/mol. The molecule has 218 valence electrons. The first kappa shape index (κ1) is 30.4. The van der Waals surface area contributed by atoms with Gasteiger partial charge in [-0.3, -0.25) is 14.5 Å². The summed E-state index contributed by atoms with van der Waals surface area (Å²) in [7, 11) is 6.92. The van der Waals surface area contributed by atoms with Crippen LogP contribution in [0.4, 0.5) is 4.39 Å². The molecule has 41 heavy (non-hydrogen) atoms. The second-order valence-corrected chi connectivity index (χ2v) is 10.9. The molecule has 0 aromatic heterocycles. The van der Waals surface area contributed by atoms with Crippen molar-refractivity contribution in [2.45, 2.75) is 18.9 Å². The fraction of sp³-hybridized carbons (Fsp3) is 0.394. The van der Waals surface area contributed by atoms with Crippen LogP contribution in [0.15, 0.2) is 66.7 Å². The Bertz CT molecular complexity index is 1310. The number of methoxy groups -OCH3 is 2. The SMILES string of the molecule is COc1cccc(C(=O)[C@H]2CN(C(CO)CN(C)C)C[C@H](C(=O)c3cccc(OC)c3)C2c2cccc(F)c2C)c1. The van der Waals surface area contributed by atoms with Crippen LogP contribution in [-0.2, 0) is 0 Å². The lowest BCUT2D eigenvalue weighted by Crippen LogP contribution is -2.56. The molecule has 0 amide bonds. The zero-order chi connectivity index (χ0) is 29.7. The van der Waals surface area contributed by atoms with Crippen LogP contribution in [0.1, 0.15) is 37.8 Å². The predicted molar refractivity (Wildman–Crippen MR) is 157 cm³/mol. The highest BCUT2D eigenvalue weighted by Crippen LogP contribution is 2.43. The van der Waals surface area contributed by atoms with Gasteiger partial charge in [0.15, 0.2) is 11.6 Å². The third kappa shape index (κ3) is 6.67. The summed E-state index contributed by atoms with van der Waals surface area (Å²) in [6.45, 7) is 2.71. The predicted octanol–water partition coefficient (Wildman–Crippen LogP) is 4.47. The molecule has 3 aromatic carbocycles. The highest BCUT2D eigenvalue weighted by Gasteiger charge is 2.47. The van der Waals surface area contributed by atoms with Crippen molar-refractivity contribution in [3.63, 3.8) is 0 Å². The Morgan fingerprint density at radius 1 is 0.927 bits per heavy atom. The lowest BCUT2D eigenvalue weighted by Gasteiger charge is -2.46. The van der Waals surface area contributed by atoms with E-state index in [1.54, 1.807) is 75.7 Å². The van der Waals surface area contributed by atoms with E-state index in [0.717, 1.165) is 0 Å². The molecule has 1 heterocycles. The molecule has 0 radical (unpaired) electrons. The van der Waals surface area contributed by atoms with Gasteiger partial charge in [0.05, 0.1) is 20.8 Å². The highest BCUT2D eigenvalue weighted by atomic mass is 19.1. The smallest absolute Gasteiger partial charge is 0.167 e. The maximum Gasteiger partial charge on any atom is 0.167 e. The molecule has 0 spiro atoms. The number of likely N-dealkylation sites (tertiary alicyclic amines) is 1. The van der Waals surface area contributed by atoms with Crippen molar-refractivity contribution in [3.8, 4) is 11.5 Å². The Hall–Kier alpha value is -3.59. The van der Waals surface area contributed by atoms with Gasteiger partial charge < -0.3 is 19.5 Å². The number of nitrogens with zero attached hydrogens (tertiary/aromatic N) is 2. The second kappa shape index (κ2) is 13.4. The summed E-state index contributed by atoms with van der Waals surface area (Å²) in [5, 5.41) is 10.4. The van der Waals surface area contributed by atoms with Crippen molar-refractivity contribution in [2.24, 2.45) is 11.8 Å². The van der Waals surface area contributed by atoms with Crippen molar-refractivity contribution in [1.82, 2.24) is 9.80 Å². The minimum atomic E-state index is -0.688. The van der Waals surface area contributed by atoms with E-state index in [9.17, 15) is 19.1 Å². The molecule has 4 rings (SSSR count). The Morgan fingerprint density at radius 2 is 1.44 bits per heavy atom. The normalized spacial score (nSPS) is 18.7. The summed E-state index contributed by atoms with van der Waals surface area (Å²) < 4.78 is 25.7. The number of ether oxygens (including phenoxy) is 2. The van der Waals surface area contributed by atoms with Gasteiger partial charge in [-0.25, -0.2) is 4.39 Å². The minimum absolute atomic E-state index is 0.137. The number of likely N-dealkylation sites (N-methyl/N-ethyl adjacent to an activating group) is 1. The van der Waals surface area contributed by atoms with Crippen molar-refractivity contribution in [3.05, 3.63) is 94.8 Å². The van der Waals surface area contributed by atoms with E-state index >= 15 is 0 Å². The van der Waals surface area contributed by atoms with E-state index in [1.807, 2.05) is 30.0 Å². The molecule has 1 aliphatic rings. The molecule has 0 saturated carbocycles. The quantitative estimate of drug-likeness (QED) is 0.346. The minimum Gasteiger partial charge on any atom is -0.497 e. The summed E-state index contributed by atoms with van der Waals surface area (Å²) in [6.07, 6.45) is 0. The zero-order valence-corrected chi connectivity index (χ0v) is 24.3. The van der Waals surface area contributed by atoms with E-state index in [0.29, 0.717) is 53.4 Å². The van der Waals surface area contributed by atoms with Crippen LogP contribution in [0.25, 0.3) is 0 Å². The second-order valence-electron chi connectivity index (χ2n) is 10.9. The lowest BCUT2D eigenvalue weighted by molar-refractivity contribution is 0.0262. The molecule has 3 atom stereocenters. The molecule has 1 fully saturated rings. The van der Waals surface area contributed by atoms with Crippen LogP contribution in [0, 0.1) is 24.6 Å². The first-order valence-corrected chi connectivity index (χ1v) is 13.8. The number of Topliss-reactive ketones (excluding diaryl/α,β-unsaturated/α-hetero) is 2. The summed E-state index contributed by atoms with van der Waals surface area (Å²) >= 11 is 0. The fourth-order valence-electron chi connectivity index (χ4n) is 5.99.